The molecular formula is C9H15NS. The molecule has 0 aromatic carbocycles. The van der Waals surface area contributed by atoms with Crippen molar-refractivity contribution in [3.8, 4) is 0 Å². The lowest BCUT2D eigenvalue weighted by Crippen LogP contribution is -2.14. The summed E-state index contributed by atoms with van der Waals surface area (Å²) in [6, 6.07) is 0. The van der Waals surface area contributed by atoms with Crippen molar-refractivity contribution in [3.63, 3.8) is 0 Å². The summed E-state index contributed by atoms with van der Waals surface area (Å²) in [7, 11) is 0. The first kappa shape index (κ1) is 8.89. The minimum absolute atomic E-state index is 0.793. The molecule has 1 nitrogen and oxygen atoms in total. The van der Waals surface area contributed by atoms with Gasteiger partial charge in [0.15, 0.2) is 0 Å². The molecule has 2 heteroatoms. The molecule has 0 bridgehead atoms. The molecule has 0 atom stereocenters. The normalized spacial score (nSPS) is 31.0. The van der Waals surface area contributed by atoms with Crippen molar-refractivity contribution < 1.29 is 0 Å². The maximum atomic E-state index is 4.53. The predicted molar refractivity (Wildman–Crippen MR) is 51.0 cm³/mol. The van der Waals surface area contributed by atoms with Gasteiger partial charge in [-0.25, -0.2) is 4.99 Å². The van der Waals surface area contributed by atoms with Crippen LogP contribution >= 0.6 is 12.2 Å². The standard InChI is InChI=1S/C9H15NS/c1-8-2-4-9(5-3-8)6-10-7-11/h8-9H,2-6H2,1H3. The fraction of sp³-hybridized carbons (Fsp3) is 0.889. The fourth-order valence-electron chi connectivity index (χ4n) is 1.68. The van der Waals surface area contributed by atoms with Gasteiger partial charge in [-0.15, -0.1) is 0 Å². The Hall–Kier alpha value is -0.200. The Morgan fingerprint density at radius 3 is 2.55 bits per heavy atom. The summed E-state index contributed by atoms with van der Waals surface area (Å²) in [5.74, 6) is 1.73. The average molecular weight is 169 g/mol. The van der Waals surface area contributed by atoms with Crippen molar-refractivity contribution >= 4 is 17.4 Å². The zero-order valence-electron chi connectivity index (χ0n) is 7.05. The largest absolute Gasteiger partial charge is 0.232 e. The van der Waals surface area contributed by atoms with Gasteiger partial charge in [0.25, 0.3) is 0 Å². The Kier molecular flexibility index (Phi) is 3.74. The Bertz CT molecular complexity index is 153. The summed E-state index contributed by atoms with van der Waals surface area (Å²) in [6.45, 7) is 3.24. The van der Waals surface area contributed by atoms with E-state index in [-0.39, 0.29) is 0 Å². The first-order chi connectivity index (χ1) is 5.33. The molecule has 0 aromatic heterocycles. The highest BCUT2D eigenvalue weighted by Gasteiger charge is 2.17. The zero-order valence-corrected chi connectivity index (χ0v) is 7.86. The fourth-order valence-corrected chi connectivity index (χ4v) is 1.75. The van der Waals surface area contributed by atoms with Gasteiger partial charge >= 0.3 is 0 Å². The van der Waals surface area contributed by atoms with Crippen LogP contribution in [-0.4, -0.2) is 11.7 Å². The van der Waals surface area contributed by atoms with Gasteiger partial charge in [0.05, 0.1) is 11.7 Å². The maximum absolute atomic E-state index is 4.53. The molecule has 0 N–H and O–H groups in total. The quantitative estimate of drug-likeness (QED) is 0.457. The Morgan fingerprint density at radius 1 is 1.36 bits per heavy atom. The van der Waals surface area contributed by atoms with Crippen molar-refractivity contribution in [2.45, 2.75) is 32.6 Å². The lowest BCUT2D eigenvalue weighted by Gasteiger charge is -2.24. The van der Waals surface area contributed by atoms with Crippen LogP contribution < -0.4 is 0 Å². The first-order valence-electron chi connectivity index (χ1n) is 4.36. The molecule has 11 heavy (non-hydrogen) atoms. The summed E-state index contributed by atoms with van der Waals surface area (Å²) in [5.41, 5.74) is 0. The van der Waals surface area contributed by atoms with Crippen molar-refractivity contribution in [1.29, 1.82) is 0 Å². The van der Waals surface area contributed by atoms with Crippen molar-refractivity contribution in [2.75, 3.05) is 6.54 Å². The van der Waals surface area contributed by atoms with E-state index >= 15 is 0 Å². The first-order valence-corrected chi connectivity index (χ1v) is 4.77. The van der Waals surface area contributed by atoms with Crippen LogP contribution in [0.15, 0.2) is 4.99 Å². The van der Waals surface area contributed by atoms with Crippen LogP contribution in [-0.2, 0) is 0 Å². The van der Waals surface area contributed by atoms with Crippen LogP contribution in [0.25, 0.3) is 0 Å². The van der Waals surface area contributed by atoms with Crippen LogP contribution in [0.5, 0.6) is 0 Å². The van der Waals surface area contributed by atoms with E-state index in [1.165, 1.54) is 25.7 Å². The molecule has 0 saturated heterocycles. The lowest BCUT2D eigenvalue weighted by atomic mass is 9.83. The number of rotatable bonds is 2. The molecule has 0 radical (unpaired) electrons. The van der Waals surface area contributed by atoms with Gasteiger partial charge in [-0.05, 0) is 36.9 Å². The second kappa shape index (κ2) is 4.63. The maximum Gasteiger partial charge on any atom is 0.0585 e. The molecule has 1 saturated carbocycles. The summed E-state index contributed by atoms with van der Waals surface area (Å²) in [6.07, 6.45) is 5.42. The summed E-state index contributed by atoms with van der Waals surface area (Å²) in [5, 5.41) is 2.43. The van der Waals surface area contributed by atoms with Gasteiger partial charge in [0, 0.05) is 0 Å². The van der Waals surface area contributed by atoms with Crippen molar-refractivity contribution in [1.82, 2.24) is 0 Å². The van der Waals surface area contributed by atoms with E-state index < -0.39 is 0 Å². The molecule has 62 valence electrons. The molecule has 1 fully saturated rings. The van der Waals surface area contributed by atoms with Crippen LogP contribution in [0.3, 0.4) is 0 Å². The molecule has 0 aliphatic heterocycles. The second-order valence-electron chi connectivity index (χ2n) is 3.56. The van der Waals surface area contributed by atoms with Gasteiger partial charge in [0.1, 0.15) is 0 Å². The second-order valence-corrected chi connectivity index (χ2v) is 3.74. The number of isothiocyanates is 1. The molecule has 0 aromatic rings. The monoisotopic (exact) mass is 169 g/mol. The van der Waals surface area contributed by atoms with Gasteiger partial charge in [0.2, 0.25) is 0 Å². The highest BCUT2D eigenvalue weighted by Crippen LogP contribution is 2.28. The van der Waals surface area contributed by atoms with E-state index in [0.29, 0.717) is 0 Å². The third kappa shape index (κ3) is 3.13. The predicted octanol–water partition coefficient (Wildman–Crippen LogP) is 2.92. The Morgan fingerprint density at radius 2 is 2.00 bits per heavy atom. The lowest BCUT2D eigenvalue weighted by molar-refractivity contribution is 0.296. The smallest absolute Gasteiger partial charge is 0.0585 e. The number of hydrogen-bond acceptors (Lipinski definition) is 2. The molecule has 0 heterocycles. The molecule has 1 rings (SSSR count). The summed E-state index contributed by atoms with van der Waals surface area (Å²) >= 11 is 4.53. The molecular weight excluding hydrogens is 154 g/mol. The van der Waals surface area contributed by atoms with E-state index in [9.17, 15) is 0 Å². The van der Waals surface area contributed by atoms with Gasteiger partial charge in [-0.1, -0.05) is 19.8 Å². The number of aliphatic imine (C=N–C) groups is 1. The minimum Gasteiger partial charge on any atom is -0.232 e. The number of thiocarbonyl (C=S) groups is 1. The van der Waals surface area contributed by atoms with Crippen LogP contribution in [0.1, 0.15) is 32.6 Å². The topological polar surface area (TPSA) is 12.4 Å². The Labute approximate surface area is 73.9 Å². The van der Waals surface area contributed by atoms with Crippen molar-refractivity contribution in [2.24, 2.45) is 16.8 Å². The third-order valence-electron chi connectivity index (χ3n) is 2.55. The summed E-state index contributed by atoms with van der Waals surface area (Å²) in [4.78, 5) is 3.99. The van der Waals surface area contributed by atoms with E-state index in [1.807, 2.05) is 0 Å². The van der Waals surface area contributed by atoms with E-state index in [4.69, 9.17) is 0 Å². The molecule has 0 spiro atoms. The highest BCUT2D eigenvalue weighted by atomic mass is 32.1. The number of nitrogens with zero attached hydrogens (tertiary/aromatic N) is 1. The van der Waals surface area contributed by atoms with E-state index in [1.54, 1.807) is 0 Å². The van der Waals surface area contributed by atoms with Gasteiger partial charge in [-0.2, -0.15) is 0 Å². The number of hydrogen-bond donors (Lipinski definition) is 0. The van der Waals surface area contributed by atoms with Crippen LogP contribution in [0.2, 0.25) is 0 Å². The van der Waals surface area contributed by atoms with Gasteiger partial charge < -0.3 is 0 Å². The van der Waals surface area contributed by atoms with E-state index in [0.717, 1.165) is 18.4 Å². The summed E-state index contributed by atoms with van der Waals surface area (Å²) < 4.78 is 0. The minimum atomic E-state index is 0.793. The highest BCUT2D eigenvalue weighted by molar-refractivity contribution is 7.78. The zero-order chi connectivity index (χ0) is 8.10. The Balaban J connectivity index is 2.22. The SMILES string of the molecule is CC1CCC(CN=C=S)CC1. The average Bonchev–Trinajstić information content (AvgIpc) is 2.04. The molecule has 1 aliphatic rings. The molecule has 0 unspecified atom stereocenters. The van der Waals surface area contributed by atoms with Crippen LogP contribution in [0, 0.1) is 11.8 Å². The van der Waals surface area contributed by atoms with E-state index in [2.05, 4.69) is 29.3 Å². The molecule has 1 aliphatic carbocycles. The van der Waals surface area contributed by atoms with Gasteiger partial charge in [-0.3, -0.25) is 0 Å². The molecule has 0 amide bonds. The third-order valence-corrected chi connectivity index (χ3v) is 2.68. The van der Waals surface area contributed by atoms with Crippen molar-refractivity contribution in [3.05, 3.63) is 0 Å². The van der Waals surface area contributed by atoms with Crippen LogP contribution in [0.4, 0.5) is 0 Å².